The number of alkyl halides is 1. The second-order valence-electron chi connectivity index (χ2n) is 13.2. The summed E-state index contributed by atoms with van der Waals surface area (Å²) in [6, 6.07) is 4.60. The number of aliphatic imine (C=N–C) groups is 2. The molecule has 0 aromatic heterocycles. The molecule has 0 saturated carbocycles. The number of halogens is 2. The average Bonchev–Trinajstić information content (AvgIpc) is 3.06. The van der Waals surface area contributed by atoms with Crippen molar-refractivity contribution in [1.29, 1.82) is 5.41 Å². The van der Waals surface area contributed by atoms with Crippen LogP contribution < -0.4 is 10.6 Å². The van der Waals surface area contributed by atoms with E-state index in [0.29, 0.717) is 43.2 Å². The summed E-state index contributed by atoms with van der Waals surface area (Å²) >= 11 is 4.81. The maximum Gasteiger partial charge on any atom is 0.246 e. The molecule has 13 heteroatoms. The molecule has 0 radical (unpaired) electrons. The number of carbonyl (C=O) groups excluding carboxylic acids is 1. The first-order valence-corrected chi connectivity index (χ1v) is 18.0. The summed E-state index contributed by atoms with van der Waals surface area (Å²) < 4.78 is 42.7. The molecular weight excluding hydrogens is 703 g/mol. The Bertz CT molecular complexity index is 1550. The van der Waals surface area contributed by atoms with Crippen LogP contribution in [0.15, 0.2) is 89.1 Å². The predicted molar refractivity (Wildman–Crippen MR) is 218 cm³/mol. The minimum absolute atomic E-state index is 0.0890. The monoisotopic (exact) mass is 761 g/mol. The third-order valence-corrected chi connectivity index (χ3v) is 9.52. The molecule has 1 aromatic rings. The smallest absolute Gasteiger partial charge is 0.246 e. The zero-order valence-corrected chi connectivity index (χ0v) is 34.3. The summed E-state index contributed by atoms with van der Waals surface area (Å²) in [6.07, 6.45) is 7.48. The quantitative estimate of drug-likeness (QED) is 0.0143. The van der Waals surface area contributed by atoms with E-state index in [2.05, 4.69) is 51.2 Å². The third kappa shape index (κ3) is 13.7. The lowest BCUT2D eigenvalue weighted by Gasteiger charge is -2.34. The second-order valence-corrected chi connectivity index (χ2v) is 14.7. The van der Waals surface area contributed by atoms with E-state index >= 15 is 0 Å². The third-order valence-electron chi connectivity index (χ3n) is 8.50. The van der Waals surface area contributed by atoms with Gasteiger partial charge in [0.1, 0.15) is 17.3 Å². The summed E-state index contributed by atoms with van der Waals surface area (Å²) in [7, 11) is 6.39. The fourth-order valence-corrected chi connectivity index (χ4v) is 6.44. The van der Waals surface area contributed by atoms with Crippen LogP contribution in [0.1, 0.15) is 72.8 Å². The maximum absolute atomic E-state index is 15.0. The van der Waals surface area contributed by atoms with Gasteiger partial charge in [0.25, 0.3) is 0 Å². The van der Waals surface area contributed by atoms with Crippen LogP contribution in [-0.2, 0) is 24.4 Å². The number of thiol groups is 1. The van der Waals surface area contributed by atoms with Gasteiger partial charge in [-0.05, 0) is 91.0 Å². The lowest BCUT2D eigenvalue weighted by molar-refractivity contribution is -0.128. The van der Waals surface area contributed by atoms with Crippen LogP contribution in [0, 0.1) is 17.1 Å². The molecule has 1 heterocycles. The highest BCUT2D eigenvalue weighted by atomic mass is 32.1. The molecule has 0 aliphatic carbocycles. The fourth-order valence-electron chi connectivity index (χ4n) is 5.58. The van der Waals surface area contributed by atoms with Crippen molar-refractivity contribution in [3.05, 3.63) is 90.5 Å². The predicted octanol–water partition coefficient (Wildman–Crippen LogP) is 7.98. The molecule has 0 bridgehead atoms. The second kappa shape index (κ2) is 21.8. The summed E-state index contributed by atoms with van der Waals surface area (Å²) in [4.78, 5) is 22.6. The SMILES string of the molecule is C=CC(=O)N1CC=C(OC(=C/C(=C)OC(C)(S)[C@@H](C)CCCNC)/N=C(\C)C(=N)N=C(OC)C(C)(C)c2c(F)cccc2P)C[C@H]1CC(=C)C.CF. The molecule has 2 unspecified atom stereocenters. The van der Waals surface area contributed by atoms with Crippen LogP contribution in [0.3, 0.4) is 0 Å². The molecule has 1 aliphatic heterocycles. The fraction of sp³-hybridized carbons (Fsp3) is 0.487. The summed E-state index contributed by atoms with van der Waals surface area (Å²) in [5.41, 5.74) is 0.496. The molecule has 1 aromatic carbocycles. The van der Waals surface area contributed by atoms with Gasteiger partial charge in [-0.2, -0.15) is 4.99 Å². The van der Waals surface area contributed by atoms with E-state index in [1.807, 2.05) is 27.0 Å². The van der Waals surface area contributed by atoms with Crippen LogP contribution in [0.2, 0.25) is 0 Å². The van der Waals surface area contributed by atoms with Crippen LogP contribution in [0.5, 0.6) is 0 Å². The number of ether oxygens (including phenoxy) is 3. The molecule has 1 aliphatic rings. The number of allylic oxidation sites excluding steroid dienone is 1. The molecule has 2 N–H and O–H groups in total. The van der Waals surface area contributed by atoms with Gasteiger partial charge < -0.3 is 24.4 Å². The zero-order valence-electron chi connectivity index (χ0n) is 32.2. The highest BCUT2D eigenvalue weighted by Crippen LogP contribution is 2.33. The molecular formula is C39H58F2N5O4PS. The number of hydrogen-bond acceptors (Lipinski definition) is 8. The number of hydrogen-bond donors (Lipinski definition) is 3. The van der Waals surface area contributed by atoms with Crippen LogP contribution in [-0.4, -0.2) is 73.7 Å². The van der Waals surface area contributed by atoms with E-state index in [1.165, 1.54) is 19.3 Å². The number of amides is 1. The van der Waals surface area contributed by atoms with Crippen molar-refractivity contribution in [3.8, 4) is 0 Å². The lowest BCUT2D eigenvalue weighted by atomic mass is 9.83. The van der Waals surface area contributed by atoms with Gasteiger partial charge in [-0.15, -0.1) is 28.4 Å². The van der Waals surface area contributed by atoms with Gasteiger partial charge in [-0.3, -0.25) is 14.6 Å². The van der Waals surface area contributed by atoms with Crippen molar-refractivity contribution in [2.75, 3.05) is 34.4 Å². The van der Waals surface area contributed by atoms with E-state index in [9.17, 15) is 13.6 Å². The van der Waals surface area contributed by atoms with Gasteiger partial charge in [0.05, 0.1) is 25.4 Å². The molecule has 4 atom stereocenters. The Morgan fingerprint density at radius 2 is 1.90 bits per heavy atom. The van der Waals surface area contributed by atoms with E-state index in [0.717, 1.165) is 25.0 Å². The number of methoxy groups -OCH3 is 1. The number of amidine groups is 1. The van der Waals surface area contributed by atoms with Crippen LogP contribution >= 0.6 is 21.9 Å². The minimum atomic E-state index is -1.01. The first-order valence-electron chi connectivity index (χ1n) is 17.0. The molecule has 288 valence electrons. The standard InChI is InChI=1S/C38H55FN5O4PS.CH3F/c1-12-33(45)44-20-18-29(23-28(44)21-24(2)3)47-32(22-26(5)48-38(9,50)25(4)15-14-19-41-10)42-27(6)35(40)43-36(46-11)37(7,8)34-30(39)16-13-17-31(34)49;1-2/h12-13,16-18,22,25,28,40-41,50H,1-2,5,14-15,19-21,23,49H2,3-4,6-11H3;1H3/b32-22+,40-35?,42-27+,43-36?;/t25-,28+,38?;/m0./s1. The molecule has 0 spiro atoms. The Labute approximate surface area is 317 Å². The number of benzene rings is 1. The first kappa shape index (κ1) is 46.4. The average molecular weight is 762 g/mol. The number of rotatable bonds is 17. The number of nitrogens with one attached hydrogen (secondary N) is 2. The van der Waals surface area contributed by atoms with Crippen molar-refractivity contribution >= 4 is 50.5 Å². The van der Waals surface area contributed by atoms with Gasteiger partial charge in [-0.25, -0.2) is 9.38 Å². The normalized spacial score (nSPS) is 17.1. The van der Waals surface area contributed by atoms with Crippen LogP contribution in [0.4, 0.5) is 8.78 Å². The van der Waals surface area contributed by atoms with Gasteiger partial charge in [0.15, 0.2) is 16.7 Å². The van der Waals surface area contributed by atoms with Crippen molar-refractivity contribution in [1.82, 2.24) is 10.2 Å². The summed E-state index contributed by atoms with van der Waals surface area (Å²) in [5, 5.41) is 12.6. The van der Waals surface area contributed by atoms with Gasteiger partial charge in [-0.1, -0.05) is 37.8 Å². The number of carbonyl (C=O) groups is 1. The lowest BCUT2D eigenvalue weighted by Crippen LogP contribution is -2.42. The van der Waals surface area contributed by atoms with Crippen molar-refractivity contribution in [2.24, 2.45) is 15.9 Å². The van der Waals surface area contributed by atoms with Gasteiger partial charge >= 0.3 is 0 Å². The largest absolute Gasteiger partial charge is 0.483 e. The van der Waals surface area contributed by atoms with Crippen molar-refractivity contribution in [3.63, 3.8) is 0 Å². The first-order chi connectivity index (χ1) is 24.4. The van der Waals surface area contributed by atoms with Crippen molar-refractivity contribution in [2.45, 2.75) is 83.6 Å². The molecule has 0 fully saturated rings. The molecule has 9 nitrogen and oxygen atoms in total. The highest BCUT2D eigenvalue weighted by Gasteiger charge is 2.34. The number of nitrogens with zero attached hydrogens (tertiary/aromatic N) is 3. The summed E-state index contributed by atoms with van der Waals surface area (Å²) in [5.74, 6) is 0.358. The van der Waals surface area contributed by atoms with E-state index in [-0.39, 0.29) is 47.0 Å². The molecule has 0 saturated heterocycles. The van der Waals surface area contributed by atoms with E-state index in [1.54, 1.807) is 43.9 Å². The Kier molecular flexibility index (Phi) is 19.5. The molecule has 52 heavy (non-hydrogen) atoms. The Hall–Kier alpha value is -3.60. The Morgan fingerprint density at radius 1 is 1.25 bits per heavy atom. The highest BCUT2D eigenvalue weighted by molar-refractivity contribution is 7.81. The van der Waals surface area contributed by atoms with Gasteiger partial charge in [0.2, 0.25) is 11.8 Å². The zero-order chi connectivity index (χ0) is 39.8. The Morgan fingerprint density at radius 3 is 2.46 bits per heavy atom. The minimum Gasteiger partial charge on any atom is -0.483 e. The van der Waals surface area contributed by atoms with E-state index in [4.69, 9.17) is 32.2 Å². The molecule has 2 rings (SSSR count). The van der Waals surface area contributed by atoms with E-state index < -0.39 is 16.2 Å². The molecule has 1 amide bonds. The Balaban J connectivity index is 0.00000664. The van der Waals surface area contributed by atoms with Crippen LogP contribution in [0.25, 0.3) is 0 Å². The van der Waals surface area contributed by atoms with Crippen molar-refractivity contribution < 1.29 is 27.8 Å². The van der Waals surface area contributed by atoms with Gasteiger partial charge in [0, 0.05) is 36.6 Å². The maximum atomic E-state index is 15.0. The topological polar surface area (TPSA) is 109 Å². The summed E-state index contributed by atoms with van der Waals surface area (Å²) in [6.45, 7) is 24.0.